The second-order valence-electron chi connectivity index (χ2n) is 5.86. The smallest absolute Gasteiger partial charge is 0.466 e. The molecule has 10 heteroatoms. The third-order valence-electron chi connectivity index (χ3n) is 3.90. The number of rotatable bonds is 5. The van der Waals surface area contributed by atoms with E-state index in [4.69, 9.17) is 23.2 Å². The topological polar surface area (TPSA) is 53.3 Å². The zero-order chi connectivity index (χ0) is 21.2. The van der Waals surface area contributed by atoms with E-state index in [9.17, 15) is 18.0 Å². The Kier molecular flexibility index (Phi) is 6.04. The zero-order valence-corrected chi connectivity index (χ0v) is 16.3. The molecule has 0 saturated carbocycles. The van der Waals surface area contributed by atoms with E-state index in [1.807, 2.05) is 0 Å². The van der Waals surface area contributed by atoms with Gasteiger partial charge >= 0.3 is 12.3 Å². The molecular formula is C19H13Cl2F3N2O3. The van der Waals surface area contributed by atoms with E-state index < -0.39 is 18.1 Å². The highest BCUT2D eigenvalue weighted by atomic mass is 35.5. The lowest BCUT2D eigenvalue weighted by molar-refractivity contribution is -0.274. The van der Waals surface area contributed by atoms with Gasteiger partial charge in [-0.3, -0.25) is 4.68 Å². The van der Waals surface area contributed by atoms with E-state index in [0.29, 0.717) is 32.2 Å². The van der Waals surface area contributed by atoms with Crippen LogP contribution in [0.4, 0.5) is 13.2 Å². The fraction of sp³-hybridized carbons (Fsp3) is 0.158. The van der Waals surface area contributed by atoms with E-state index >= 15 is 0 Å². The van der Waals surface area contributed by atoms with Crippen LogP contribution in [-0.4, -0.2) is 29.2 Å². The van der Waals surface area contributed by atoms with Gasteiger partial charge in [-0.05, 0) is 35.9 Å². The Hall–Kier alpha value is -2.71. The van der Waals surface area contributed by atoms with Crippen molar-refractivity contribution in [1.82, 2.24) is 9.78 Å². The van der Waals surface area contributed by atoms with Crippen LogP contribution < -0.4 is 4.74 Å². The highest BCUT2D eigenvalue weighted by Crippen LogP contribution is 2.30. The summed E-state index contributed by atoms with van der Waals surface area (Å²) in [5.74, 6) is -0.984. The molecule has 29 heavy (non-hydrogen) atoms. The van der Waals surface area contributed by atoms with Gasteiger partial charge in [0.25, 0.3) is 0 Å². The molecule has 5 nitrogen and oxygen atoms in total. The average Bonchev–Trinajstić information content (AvgIpc) is 2.97. The number of halogens is 5. The molecule has 152 valence electrons. The second-order valence-corrected chi connectivity index (χ2v) is 6.71. The van der Waals surface area contributed by atoms with Crippen LogP contribution in [0.2, 0.25) is 10.0 Å². The van der Waals surface area contributed by atoms with Crippen molar-refractivity contribution in [3.63, 3.8) is 0 Å². The summed E-state index contributed by atoms with van der Waals surface area (Å²) in [6, 6.07) is 8.71. The van der Waals surface area contributed by atoms with Crippen LogP contribution in [0.5, 0.6) is 5.75 Å². The van der Waals surface area contributed by atoms with Crippen LogP contribution in [0.15, 0.2) is 42.5 Å². The summed E-state index contributed by atoms with van der Waals surface area (Å²) in [5.41, 5.74) is 1.39. The Bertz CT molecular complexity index is 1090. The fourth-order valence-corrected chi connectivity index (χ4v) is 3.11. The summed E-state index contributed by atoms with van der Waals surface area (Å²) in [6.07, 6.45) is -2.24. The van der Waals surface area contributed by atoms with Crippen LogP contribution in [-0.2, 0) is 16.1 Å². The van der Waals surface area contributed by atoms with Crippen LogP contribution in [0, 0.1) is 0 Å². The molecule has 0 fully saturated rings. The molecule has 0 aliphatic heterocycles. The molecule has 0 aliphatic rings. The van der Waals surface area contributed by atoms with Crippen molar-refractivity contribution in [2.75, 3.05) is 7.11 Å². The molecule has 2 aromatic carbocycles. The lowest BCUT2D eigenvalue weighted by Crippen LogP contribution is -2.17. The largest absolute Gasteiger partial charge is 0.573 e. The Morgan fingerprint density at radius 1 is 1.21 bits per heavy atom. The Labute approximate surface area is 173 Å². The quantitative estimate of drug-likeness (QED) is 0.386. The molecule has 0 radical (unpaired) electrons. The Morgan fingerprint density at radius 2 is 1.97 bits per heavy atom. The van der Waals surface area contributed by atoms with Crippen LogP contribution in [0.25, 0.3) is 17.0 Å². The maximum Gasteiger partial charge on any atom is 0.573 e. The van der Waals surface area contributed by atoms with E-state index in [0.717, 1.165) is 0 Å². The van der Waals surface area contributed by atoms with Gasteiger partial charge in [0.1, 0.15) is 5.75 Å². The third kappa shape index (κ3) is 5.21. The van der Waals surface area contributed by atoms with Gasteiger partial charge in [-0.1, -0.05) is 29.3 Å². The van der Waals surface area contributed by atoms with Crippen molar-refractivity contribution in [3.8, 4) is 5.75 Å². The van der Waals surface area contributed by atoms with Crippen LogP contribution >= 0.6 is 23.2 Å². The SMILES string of the molecule is COC(=O)/C=C/c1nn(Cc2ccc(Cl)cc2Cl)c2cc(OC(F)(F)F)ccc12. The Morgan fingerprint density at radius 3 is 2.62 bits per heavy atom. The molecule has 0 saturated heterocycles. The van der Waals surface area contributed by atoms with Gasteiger partial charge in [0.2, 0.25) is 0 Å². The first-order valence-corrected chi connectivity index (χ1v) is 8.88. The third-order valence-corrected chi connectivity index (χ3v) is 4.49. The molecule has 0 unspecified atom stereocenters. The number of hydrogen-bond acceptors (Lipinski definition) is 4. The normalized spacial score (nSPS) is 11.9. The summed E-state index contributed by atoms with van der Waals surface area (Å²) < 4.78 is 47.8. The van der Waals surface area contributed by atoms with Gasteiger partial charge in [0.05, 0.1) is 24.9 Å². The number of methoxy groups -OCH3 is 1. The van der Waals surface area contributed by atoms with Gasteiger partial charge in [0.15, 0.2) is 0 Å². The number of aromatic nitrogens is 2. The molecule has 0 atom stereocenters. The summed E-state index contributed by atoms with van der Waals surface area (Å²) in [4.78, 5) is 11.4. The van der Waals surface area contributed by atoms with E-state index in [2.05, 4.69) is 14.6 Å². The number of carbonyl (C=O) groups excluding carboxylic acids is 1. The minimum atomic E-state index is -4.83. The first-order valence-electron chi connectivity index (χ1n) is 8.12. The van der Waals surface area contributed by atoms with Gasteiger partial charge in [-0.15, -0.1) is 13.2 Å². The van der Waals surface area contributed by atoms with Crippen LogP contribution in [0.1, 0.15) is 11.3 Å². The van der Waals surface area contributed by atoms with Gasteiger partial charge < -0.3 is 9.47 Å². The van der Waals surface area contributed by atoms with Gasteiger partial charge in [-0.25, -0.2) is 4.79 Å². The first-order chi connectivity index (χ1) is 13.7. The summed E-state index contributed by atoms with van der Waals surface area (Å²) in [5, 5.41) is 5.74. The van der Waals surface area contributed by atoms with Gasteiger partial charge in [0, 0.05) is 27.6 Å². The second kappa shape index (κ2) is 8.34. The zero-order valence-electron chi connectivity index (χ0n) is 14.8. The predicted molar refractivity (Wildman–Crippen MR) is 103 cm³/mol. The van der Waals surface area contributed by atoms with Crippen molar-refractivity contribution >= 4 is 46.2 Å². The molecule has 3 rings (SSSR count). The summed E-state index contributed by atoms with van der Waals surface area (Å²) >= 11 is 12.1. The lowest BCUT2D eigenvalue weighted by atomic mass is 10.2. The highest BCUT2D eigenvalue weighted by Gasteiger charge is 2.31. The van der Waals surface area contributed by atoms with Crippen molar-refractivity contribution in [1.29, 1.82) is 0 Å². The molecular weight excluding hydrogens is 432 g/mol. The molecule has 0 amide bonds. The van der Waals surface area contributed by atoms with E-state index in [1.165, 1.54) is 42.1 Å². The number of alkyl halides is 3. The highest BCUT2D eigenvalue weighted by molar-refractivity contribution is 6.35. The molecule has 0 bridgehead atoms. The minimum absolute atomic E-state index is 0.161. The molecule has 3 aromatic rings. The number of ether oxygens (including phenoxy) is 2. The van der Waals surface area contributed by atoms with Crippen molar-refractivity contribution in [2.45, 2.75) is 12.9 Å². The van der Waals surface area contributed by atoms with Gasteiger partial charge in [-0.2, -0.15) is 5.10 Å². The maximum absolute atomic E-state index is 12.6. The summed E-state index contributed by atoms with van der Waals surface area (Å²) in [6.45, 7) is 0.161. The number of hydrogen-bond donors (Lipinski definition) is 0. The maximum atomic E-state index is 12.6. The standard InChI is InChI=1S/C19H13Cl2F3N2O3/c1-28-18(27)7-6-16-14-5-4-13(29-19(22,23)24)9-17(14)26(25-16)10-11-2-3-12(20)8-15(11)21/h2-9H,10H2,1H3/b7-6+. The molecule has 1 aromatic heterocycles. The van der Waals surface area contributed by atoms with Crippen LogP contribution in [0.3, 0.4) is 0 Å². The monoisotopic (exact) mass is 444 g/mol. The van der Waals surface area contributed by atoms with Crippen molar-refractivity contribution < 1.29 is 27.4 Å². The minimum Gasteiger partial charge on any atom is -0.466 e. The van der Waals surface area contributed by atoms with E-state index in [-0.39, 0.29) is 6.54 Å². The number of nitrogens with zero attached hydrogens (tertiary/aromatic N) is 2. The first kappa shape index (κ1) is 21.0. The fourth-order valence-electron chi connectivity index (χ4n) is 2.65. The number of fused-ring (bicyclic) bond motifs is 1. The number of esters is 1. The summed E-state index contributed by atoms with van der Waals surface area (Å²) in [7, 11) is 1.23. The molecule has 0 N–H and O–H groups in total. The molecule has 0 spiro atoms. The lowest BCUT2D eigenvalue weighted by Gasteiger charge is -2.10. The average molecular weight is 445 g/mol. The predicted octanol–water partition coefficient (Wildman–Crippen LogP) is 5.48. The Balaban J connectivity index is 2.08. The molecule has 1 heterocycles. The van der Waals surface area contributed by atoms with E-state index in [1.54, 1.807) is 18.2 Å². The van der Waals surface area contributed by atoms with Crippen molar-refractivity contribution in [3.05, 3.63) is 63.8 Å². The number of carbonyl (C=O) groups is 1. The van der Waals surface area contributed by atoms with Crippen molar-refractivity contribution in [2.24, 2.45) is 0 Å². The molecule has 0 aliphatic carbocycles. The number of benzene rings is 2.